The SMILES string of the molecule is CC(C)(C)NC(=O)N1CCNCC1C(=O)NCCc1cncn1Cc1ccc(F)cc1. The maximum absolute atomic E-state index is 13.1. The van der Waals surface area contributed by atoms with Crippen LogP contribution in [0.5, 0.6) is 0 Å². The fourth-order valence-corrected chi connectivity index (χ4v) is 3.49. The topological polar surface area (TPSA) is 91.3 Å². The molecule has 3 N–H and O–H groups in total. The minimum absolute atomic E-state index is 0.180. The van der Waals surface area contributed by atoms with Gasteiger partial charge >= 0.3 is 6.03 Å². The van der Waals surface area contributed by atoms with Crippen molar-refractivity contribution in [2.24, 2.45) is 0 Å². The van der Waals surface area contributed by atoms with Gasteiger partial charge in [0.05, 0.1) is 6.33 Å². The van der Waals surface area contributed by atoms with Gasteiger partial charge in [-0.2, -0.15) is 0 Å². The smallest absolute Gasteiger partial charge is 0.318 e. The number of carbonyl (C=O) groups excluding carboxylic acids is 2. The Bertz CT molecular complexity index is 890. The maximum atomic E-state index is 13.1. The van der Waals surface area contributed by atoms with Gasteiger partial charge in [0.15, 0.2) is 0 Å². The van der Waals surface area contributed by atoms with Crippen LogP contribution in [0.1, 0.15) is 32.0 Å². The Morgan fingerprint density at radius 3 is 2.71 bits per heavy atom. The Morgan fingerprint density at radius 2 is 2.00 bits per heavy atom. The first kappa shape index (κ1) is 22.7. The number of amides is 3. The van der Waals surface area contributed by atoms with E-state index in [1.54, 1.807) is 29.6 Å². The van der Waals surface area contributed by atoms with E-state index in [-0.39, 0.29) is 23.3 Å². The van der Waals surface area contributed by atoms with Crippen LogP contribution in [0.4, 0.5) is 9.18 Å². The minimum Gasteiger partial charge on any atom is -0.354 e. The summed E-state index contributed by atoms with van der Waals surface area (Å²) in [5.41, 5.74) is 1.57. The molecule has 0 aliphatic carbocycles. The number of benzene rings is 1. The van der Waals surface area contributed by atoms with Crippen LogP contribution in [0.3, 0.4) is 0 Å². The number of hydrogen-bond donors (Lipinski definition) is 3. The highest BCUT2D eigenvalue weighted by Crippen LogP contribution is 2.10. The molecule has 0 saturated carbocycles. The monoisotopic (exact) mass is 430 g/mol. The van der Waals surface area contributed by atoms with Gasteiger partial charge in [0, 0.05) is 56.6 Å². The standard InChI is InChI=1S/C22H31FN6O2/c1-22(2,3)27-21(31)29-11-10-24-13-19(29)20(30)26-9-8-18-12-25-15-28(18)14-16-4-6-17(23)7-5-16/h4-7,12,15,19,24H,8-11,13-14H2,1-3H3,(H,26,30)(H,27,31). The van der Waals surface area contributed by atoms with Crippen LogP contribution >= 0.6 is 0 Å². The van der Waals surface area contributed by atoms with Crippen LogP contribution in [0.2, 0.25) is 0 Å². The van der Waals surface area contributed by atoms with Gasteiger partial charge < -0.3 is 25.4 Å². The first-order valence-electron chi connectivity index (χ1n) is 10.5. The molecule has 8 nitrogen and oxygen atoms in total. The Kier molecular flexibility index (Phi) is 7.27. The van der Waals surface area contributed by atoms with Gasteiger partial charge in [-0.05, 0) is 38.5 Å². The van der Waals surface area contributed by atoms with Crippen LogP contribution in [-0.4, -0.2) is 64.1 Å². The molecule has 1 fully saturated rings. The number of nitrogens with one attached hydrogen (secondary N) is 3. The number of imidazole rings is 1. The van der Waals surface area contributed by atoms with Crippen molar-refractivity contribution in [3.63, 3.8) is 0 Å². The Hall–Kier alpha value is -2.94. The summed E-state index contributed by atoms with van der Waals surface area (Å²) >= 11 is 0. The van der Waals surface area contributed by atoms with E-state index in [9.17, 15) is 14.0 Å². The largest absolute Gasteiger partial charge is 0.354 e. The molecule has 1 atom stereocenters. The zero-order valence-corrected chi connectivity index (χ0v) is 18.3. The molecule has 168 valence electrons. The van der Waals surface area contributed by atoms with Crippen LogP contribution in [-0.2, 0) is 17.8 Å². The number of urea groups is 1. The van der Waals surface area contributed by atoms with Crippen molar-refractivity contribution in [2.75, 3.05) is 26.2 Å². The van der Waals surface area contributed by atoms with Crippen molar-refractivity contribution in [1.82, 2.24) is 30.4 Å². The molecule has 0 bridgehead atoms. The number of nitrogens with zero attached hydrogens (tertiary/aromatic N) is 3. The lowest BCUT2D eigenvalue weighted by molar-refractivity contribution is -0.125. The summed E-state index contributed by atoms with van der Waals surface area (Å²) in [6, 6.07) is 5.58. The van der Waals surface area contributed by atoms with Crippen molar-refractivity contribution in [1.29, 1.82) is 0 Å². The molecule has 0 radical (unpaired) electrons. The van der Waals surface area contributed by atoms with Crippen LogP contribution in [0.25, 0.3) is 0 Å². The lowest BCUT2D eigenvalue weighted by Gasteiger charge is -2.37. The number of piperazine rings is 1. The number of hydrogen-bond acceptors (Lipinski definition) is 4. The molecule has 1 aromatic heterocycles. The van der Waals surface area contributed by atoms with Crippen LogP contribution < -0.4 is 16.0 Å². The second kappa shape index (κ2) is 9.91. The van der Waals surface area contributed by atoms with Crippen molar-refractivity contribution in [2.45, 2.75) is 45.3 Å². The highest BCUT2D eigenvalue weighted by molar-refractivity contribution is 5.87. The second-order valence-electron chi connectivity index (χ2n) is 8.77. The lowest BCUT2D eigenvalue weighted by atomic mass is 10.1. The Labute approximate surface area is 182 Å². The summed E-state index contributed by atoms with van der Waals surface area (Å²) in [6.45, 7) is 8.31. The van der Waals surface area contributed by atoms with Crippen molar-refractivity contribution < 1.29 is 14.0 Å². The summed E-state index contributed by atoms with van der Waals surface area (Å²) < 4.78 is 15.1. The van der Waals surface area contributed by atoms with Crippen LogP contribution in [0.15, 0.2) is 36.8 Å². The first-order chi connectivity index (χ1) is 14.7. The Balaban J connectivity index is 1.54. The highest BCUT2D eigenvalue weighted by Gasteiger charge is 2.33. The van der Waals surface area contributed by atoms with Gasteiger partial charge in [0.2, 0.25) is 5.91 Å². The highest BCUT2D eigenvalue weighted by atomic mass is 19.1. The molecule has 3 rings (SSSR count). The molecule has 9 heteroatoms. The van der Waals surface area contributed by atoms with Gasteiger partial charge in [-0.3, -0.25) is 4.79 Å². The Morgan fingerprint density at radius 1 is 1.26 bits per heavy atom. The van der Waals surface area contributed by atoms with E-state index in [1.165, 1.54) is 12.1 Å². The third-order valence-electron chi connectivity index (χ3n) is 5.03. The van der Waals surface area contributed by atoms with Crippen molar-refractivity contribution in [3.05, 3.63) is 53.9 Å². The molecule has 31 heavy (non-hydrogen) atoms. The predicted molar refractivity (Wildman–Crippen MR) is 116 cm³/mol. The molecular weight excluding hydrogens is 399 g/mol. The molecular formula is C22H31FN6O2. The second-order valence-corrected chi connectivity index (χ2v) is 8.77. The quantitative estimate of drug-likeness (QED) is 0.648. The summed E-state index contributed by atoms with van der Waals surface area (Å²) in [7, 11) is 0. The maximum Gasteiger partial charge on any atom is 0.318 e. The molecule has 1 aliphatic rings. The van der Waals surface area contributed by atoms with Gasteiger partial charge in [-0.25, -0.2) is 14.2 Å². The van der Waals surface area contributed by atoms with Gasteiger partial charge in [0.25, 0.3) is 0 Å². The van der Waals surface area contributed by atoms with E-state index in [2.05, 4.69) is 20.9 Å². The number of rotatable bonds is 6. The summed E-state index contributed by atoms with van der Waals surface area (Å²) in [5, 5.41) is 9.06. The van der Waals surface area contributed by atoms with E-state index < -0.39 is 6.04 Å². The third kappa shape index (κ3) is 6.52. The summed E-state index contributed by atoms with van der Waals surface area (Å²) in [5.74, 6) is -0.444. The van der Waals surface area contributed by atoms with Crippen LogP contribution in [0, 0.1) is 5.82 Å². The molecule has 1 unspecified atom stereocenters. The number of carbonyl (C=O) groups is 2. The minimum atomic E-state index is -0.555. The fourth-order valence-electron chi connectivity index (χ4n) is 3.49. The number of aromatic nitrogens is 2. The summed E-state index contributed by atoms with van der Waals surface area (Å²) in [4.78, 5) is 31.2. The van der Waals surface area contributed by atoms with Gasteiger partial charge in [0.1, 0.15) is 11.9 Å². The summed E-state index contributed by atoms with van der Waals surface area (Å²) in [6.07, 6.45) is 4.09. The van der Waals surface area contributed by atoms with E-state index in [0.29, 0.717) is 39.1 Å². The third-order valence-corrected chi connectivity index (χ3v) is 5.03. The average Bonchev–Trinajstić information content (AvgIpc) is 3.15. The zero-order valence-electron chi connectivity index (χ0n) is 18.3. The van der Waals surface area contributed by atoms with E-state index in [4.69, 9.17) is 0 Å². The average molecular weight is 431 g/mol. The van der Waals surface area contributed by atoms with E-state index in [0.717, 1.165) is 11.3 Å². The van der Waals surface area contributed by atoms with Gasteiger partial charge in [-0.15, -0.1) is 0 Å². The van der Waals surface area contributed by atoms with Crippen molar-refractivity contribution >= 4 is 11.9 Å². The predicted octanol–water partition coefficient (Wildman–Crippen LogP) is 1.51. The lowest BCUT2D eigenvalue weighted by Crippen LogP contribution is -2.63. The van der Waals surface area contributed by atoms with E-state index in [1.807, 2.05) is 25.3 Å². The molecule has 1 aromatic carbocycles. The molecule has 2 heterocycles. The zero-order chi connectivity index (χ0) is 22.4. The molecule has 0 spiro atoms. The molecule has 1 saturated heterocycles. The fraction of sp³-hybridized carbons (Fsp3) is 0.500. The molecule has 3 amide bonds. The van der Waals surface area contributed by atoms with Gasteiger partial charge in [-0.1, -0.05) is 12.1 Å². The van der Waals surface area contributed by atoms with Crippen molar-refractivity contribution in [3.8, 4) is 0 Å². The normalized spacial score (nSPS) is 16.8. The molecule has 2 aromatic rings. The number of halogens is 1. The first-order valence-corrected chi connectivity index (χ1v) is 10.5. The molecule has 1 aliphatic heterocycles. The van der Waals surface area contributed by atoms with E-state index >= 15 is 0 Å².